The van der Waals surface area contributed by atoms with Gasteiger partial charge in [-0.15, -0.1) is 0 Å². The van der Waals surface area contributed by atoms with Gasteiger partial charge in [0.2, 0.25) is 10.0 Å². The molecule has 1 aliphatic heterocycles. The number of rotatable bonds is 4. The highest BCUT2D eigenvalue weighted by Gasteiger charge is 2.31. The number of nitro benzene ring substituents is 1. The molecule has 144 valence electrons. The van der Waals surface area contributed by atoms with Crippen molar-refractivity contribution in [1.29, 1.82) is 0 Å². The van der Waals surface area contributed by atoms with Gasteiger partial charge in [-0.25, -0.2) is 8.42 Å². The van der Waals surface area contributed by atoms with Crippen molar-refractivity contribution in [2.24, 2.45) is 0 Å². The molecule has 0 amide bonds. The Morgan fingerprint density at radius 2 is 1.59 bits per heavy atom. The summed E-state index contributed by atoms with van der Waals surface area (Å²) in [6.07, 6.45) is 0. The summed E-state index contributed by atoms with van der Waals surface area (Å²) >= 11 is 0. The molecule has 3 rings (SSSR count). The summed E-state index contributed by atoms with van der Waals surface area (Å²) in [6, 6.07) is 10.2. The van der Waals surface area contributed by atoms with Crippen LogP contribution >= 0.6 is 0 Å². The molecule has 0 bridgehead atoms. The lowest BCUT2D eigenvalue weighted by atomic mass is 10.1. The molecule has 1 heterocycles. The van der Waals surface area contributed by atoms with Gasteiger partial charge in [0.15, 0.2) is 0 Å². The molecule has 0 N–H and O–H groups in total. The van der Waals surface area contributed by atoms with E-state index in [9.17, 15) is 18.5 Å². The van der Waals surface area contributed by atoms with E-state index < -0.39 is 14.9 Å². The molecule has 0 spiro atoms. The fraction of sp³-hybridized carbons (Fsp3) is 0.368. The van der Waals surface area contributed by atoms with Crippen molar-refractivity contribution in [2.75, 3.05) is 31.1 Å². The minimum absolute atomic E-state index is 0.0108. The van der Waals surface area contributed by atoms with Crippen LogP contribution in [0.15, 0.2) is 41.3 Å². The first-order valence-corrected chi connectivity index (χ1v) is 10.2. The minimum Gasteiger partial charge on any atom is -0.369 e. The molecule has 1 fully saturated rings. The molecule has 0 saturated carbocycles. The zero-order valence-electron chi connectivity index (χ0n) is 15.7. The number of anilines is 1. The number of aryl methyl sites for hydroxylation is 3. The van der Waals surface area contributed by atoms with Crippen LogP contribution in [0.3, 0.4) is 0 Å². The molecule has 8 heteroatoms. The second-order valence-electron chi connectivity index (χ2n) is 6.89. The maximum atomic E-state index is 13.0. The predicted molar refractivity (Wildman–Crippen MR) is 105 cm³/mol. The van der Waals surface area contributed by atoms with Gasteiger partial charge in [-0.05, 0) is 38.0 Å². The summed E-state index contributed by atoms with van der Waals surface area (Å²) in [7, 11) is -3.77. The van der Waals surface area contributed by atoms with E-state index in [1.165, 1.54) is 27.6 Å². The van der Waals surface area contributed by atoms with Crippen molar-refractivity contribution >= 4 is 21.4 Å². The van der Waals surface area contributed by atoms with Crippen LogP contribution < -0.4 is 4.90 Å². The number of hydrogen-bond donors (Lipinski definition) is 0. The van der Waals surface area contributed by atoms with E-state index >= 15 is 0 Å². The van der Waals surface area contributed by atoms with Crippen LogP contribution in [0.5, 0.6) is 0 Å². The first kappa shape index (κ1) is 19.3. The van der Waals surface area contributed by atoms with Crippen LogP contribution in [0.1, 0.15) is 16.7 Å². The maximum absolute atomic E-state index is 13.0. The number of nitrogens with zero attached hydrogens (tertiary/aromatic N) is 3. The third kappa shape index (κ3) is 3.81. The molecular formula is C19H23N3O4S. The molecule has 2 aromatic rings. The lowest BCUT2D eigenvalue weighted by Crippen LogP contribution is -2.49. The molecule has 0 radical (unpaired) electrons. The minimum atomic E-state index is -3.77. The Kier molecular flexibility index (Phi) is 5.21. The number of non-ortho nitro benzene ring substituents is 1. The van der Waals surface area contributed by atoms with E-state index in [1.807, 2.05) is 6.92 Å². The molecule has 1 saturated heterocycles. The van der Waals surface area contributed by atoms with Gasteiger partial charge in [0, 0.05) is 44.0 Å². The second-order valence-corrected chi connectivity index (χ2v) is 8.79. The molecule has 2 aromatic carbocycles. The average Bonchev–Trinajstić information content (AvgIpc) is 2.62. The highest BCUT2D eigenvalue weighted by molar-refractivity contribution is 7.89. The van der Waals surface area contributed by atoms with Gasteiger partial charge in [0.25, 0.3) is 5.69 Å². The SMILES string of the molecule is Cc1ccc(N2CCN(S(=O)(=O)c3cc([N+](=O)[O-])ccc3C)CC2)c(C)c1. The van der Waals surface area contributed by atoms with Gasteiger partial charge in [0.1, 0.15) is 0 Å². The van der Waals surface area contributed by atoms with Crippen molar-refractivity contribution in [2.45, 2.75) is 25.7 Å². The molecule has 0 unspecified atom stereocenters. The lowest BCUT2D eigenvalue weighted by molar-refractivity contribution is -0.385. The van der Waals surface area contributed by atoms with Gasteiger partial charge >= 0.3 is 0 Å². The second kappa shape index (κ2) is 7.28. The smallest absolute Gasteiger partial charge is 0.270 e. The fourth-order valence-electron chi connectivity index (χ4n) is 3.45. The third-order valence-electron chi connectivity index (χ3n) is 4.93. The van der Waals surface area contributed by atoms with E-state index in [0.717, 1.165) is 11.8 Å². The van der Waals surface area contributed by atoms with Gasteiger partial charge in [-0.3, -0.25) is 10.1 Å². The summed E-state index contributed by atoms with van der Waals surface area (Å²) in [5, 5.41) is 11.0. The van der Waals surface area contributed by atoms with Crippen LogP contribution in [0.4, 0.5) is 11.4 Å². The highest BCUT2D eigenvalue weighted by Crippen LogP contribution is 2.27. The summed E-state index contributed by atoms with van der Waals surface area (Å²) in [6.45, 7) is 7.60. The number of nitro groups is 1. The van der Waals surface area contributed by atoms with E-state index in [0.29, 0.717) is 31.7 Å². The van der Waals surface area contributed by atoms with Crippen LogP contribution in [0.2, 0.25) is 0 Å². The first-order valence-electron chi connectivity index (χ1n) is 8.77. The van der Waals surface area contributed by atoms with Gasteiger partial charge < -0.3 is 4.90 Å². The molecule has 1 aliphatic rings. The van der Waals surface area contributed by atoms with Crippen LogP contribution in [-0.2, 0) is 10.0 Å². The lowest BCUT2D eigenvalue weighted by Gasteiger charge is -2.36. The zero-order chi connectivity index (χ0) is 19.8. The Balaban J connectivity index is 1.81. The number of piperazine rings is 1. The van der Waals surface area contributed by atoms with Gasteiger partial charge in [-0.2, -0.15) is 4.31 Å². The maximum Gasteiger partial charge on any atom is 0.270 e. The first-order chi connectivity index (χ1) is 12.7. The van der Waals surface area contributed by atoms with Crippen molar-refractivity contribution in [1.82, 2.24) is 4.31 Å². The molecule has 0 atom stereocenters. The summed E-state index contributed by atoms with van der Waals surface area (Å²) in [5.74, 6) is 0. The summed E-state index contributed by atoms with van der Waals surface area (Å²) in [4.78, 5) is 12.6. The monoisotopic (exact) mass is 389 g/mol. The molecule has 27 heavy (non-hydrogen) atoms. The molecule has 7 nitrogen and oxygen atoms in total. The molecule has 0 aliphatic carbocycles. The van der Waals surface area contributed by atoms with Crippen LogP contribution in [0, 0.1) is 30.9 Å². The van der Waals surface area contributed by atoms with Crippen LogP contribution in [-0.4, -0.2) is 43.8 Å². The Bertz CT molecular complexity index is 980. The molecule has 0 aromatic heterocycles. The van der Waals surface area contributed by atoms with Crippen LogP contribution in [0.25, 0.3) is 0 Å². The third-order valence-corrected chi connectivity index (χ3v) is 6.97. The number of sulfonamides is 1. The van der Waals surface area contributed by atoms with E-state index in [1.54, 1.807) is 6.92 Å². The largest absolute Gasteiger partial charge is 0.369 e. The summed E-state index contributed by atoms with van der Waals surface area (Å²) < 4.78 is 27.5. The predicted octanol–water partition coefficient (Wildman–Crippen LogP) is 3.03. The Morgan fingerprint density at radius 1 is 0.926 bits per heavy atom. The number of hydrogen-bond acceptors (Lipinski definition) is 5. The molecular weight excluding hydrogens is 366 g/mol. The quantitative estimate of drug-likeness (QED) is 0.593. The Hall–Kier alpha value is -2.45. The van der Waals surface area contributed by atoms with E-state index in [4.69, 9.17) is 0 Å². The fourth-order valence-corrected chi connectivity index (χ4v) is 5.12. The van der Waals surface area contributed by atoms with Crippen molar-refractivity contribution < 1.29 is 13.3 Å². The zero-order valence-corrected chi connectivity index (χ0v) is 16.5. The van der Waals surface area contributed by atoms with E-state index in [-0.39, 0.29) is 10.6 Å². The highest BCUT2D eigenvalue weighted by atomic mass is 32.2. The Labute approximate surface area is 159 Å². The number of benzene rings is 2. The van der Waals surface area contributed by atoms with Crippen molar-refractivity contribution in [3.05, 3.63) is 63.2 Å². The van der Waals surface area contributed by atoms with Crippen molar-refractivity contribution in [3.63, 3.8) is 0 Å². The van der Waals surface area contributed by atoms with E-state index in [2.05, 4.69) is 30.0 Å². The normalized spacial score (nSPS) is 15.7. The van der Waals surface area contributed by atoms with Crippen molar-refractivity contribution in [3.8, 4) is 0 Å². The van der Waals surface area contributed by atoms with Gasteiger partial charge in [-0.1, -0.05) is 23.8 Å². The van der Waals surface area contributed by atoms with Gasteiger partial charge in [0.05, 0.1) is 9.82 Å². The topological polar surface area (TPSA) is 83.8 Å². The average molecular weight is 389 g/mol. The Morgan fingerprint density at radius 3 is 2.19 bits per heavy atom. The standard InChI is InChI=1S/C19H23N3O4S/c1-14-4-7-18(16(3)12-14)20-8-10-21(11-9-20)27(25,26)19-13-17(22(23)24)6-5-15(19)2/h4-7,12-13H,8-11H2,1-3H3. The summed E-state index contributed by atoms with van der Waals surface area (Å²) in [5.41, 5.74) is 3.77.